The topological polar surface area (TPSA) is 53.4 Å². The third kappa shape index (κ3) is 3.13. The van der Waals surface area contributed by atoms with Crippen molar-refractivity contribution < 1.29 is 9.90 Å². The number of pyridine rings is 1. The first-order valence-corrected chi connectivity index (χ1v) is 6.72. The molecular formula is C15H20N2O2. The zero-order valence-corrected chi connectivity index (χ0v) is 11.4. The molecule has 0 saturated carbocycles. The summed E-state index contributed by atoms with van der Waals surface area (Å²) >= 11 is 0. The van der Waals surface area contributed by atoms with Crippen molar-refractivity contribution in [1.82, 2.24) is 4.98 Å². The largest absolute Gasteiger partial charge is 0.478 e. The maximum absolute atomic E-state index is 10.7. The zero-order valence-electron chi connectivity index (χ0n) is 11.4. The van der Waals surface area contributed by atoms with Crippen LogP contribution in [-0.4, -0.2) is 28.6 Å². The monoisotopic (exact) mass is 260 g/mol. The Morgan fingerprint density at radius 1 is 1.53 bits per heavy atom. The standard InChI is InChI=1S/C15H20N2O2/c1-11-5-4-10-17(12(11)2)15-13(6-3-9-16-15)7-8-14(18)19/h3,6-9,11-12H,4-5,10H2,1-2H3,(H,18,19)/b8-7+. The molecule has 1 N–H and O–H groups in total. The summed E-state index contributed by atoms with van der Waals surface area (Å²) in [6.07, 6.45) is 6.95. The number of carboxylic acid groups (broad SMARTS) is 1. The van der Waals surface area contributed by atoms with Gasteiger partial charge in [-0.1, -0.05) is 6.92 Å². The maximum Gasteiger partial charge on any atom is 0.328 e. The number of anilines is 1. The molecule has 2 unspecified atom stereocenters. The molecule has 0 aliphatic carbocycles. The summed E-state index contributed by atoms with van der Waals surface area (Å²) in [6, 6.07) is 4.18. The molecule has 2 heterocycles. The molecule has 2 atom stereocenters. The van der Waals surface area contributed by atoms with Crippen LogP contribution in [0.5, 0.6) is 0 Å². The third-order valence-electron chi connectivity index (χ3n) is 3.87. The number of piperidine rings is 1. The van der Waals surface area contributed by atoms with Gasteiger partial charge in [0.2, 0.25) is 0 Å². The Kier molecular flexibility index (Phi) is 4.20. The van der Waals surface area contributed by atoms with Crippen molar-refractivity contribution in [2.24, 2.45) is 5.92 Å². The van der Waals surface area contributed by atoms with Gasteiger partial charge in [-0.2, -0.15) is 0 Å². The number of rotatable bonds is 3. The predicted octanol–water partition coefficient (Wildman–Crippen LogP) is 2.80. The summed E-state index contributed by atoms with van der Waals surface area (Å²) in [4.78, 5) is 17.4. The van der Waals surface area contributed by atoms with Gasteiger partial charge in [0.15, 0.2) is 0 Å². The molecule has 1 aromatic heterocycles. The van der Waals surface area contributed by atoms with E-state index in [1.807, 2.05) is 12.1 Å². The van der Waals surface area contributed by atoms with Gasteiger partial charge in [-0.05, 0) is 43.9 Å². The molecule has 0 radical (unpaired) electrons. The zero-order chi connectivity index (χ0) is 13.8. The SMILES string of the molecule is CC1CCCN(c2ncccc2/C=C/C(=O)O)C1C. The first-order valence-electron chi connectivity index (χ1n) is 6.72. The van der Waals surface area contributed by atoms with Gasteiger partial charge in [0.05, 0.1) is 0 Å². The molecule has 19 heavy (non-hydrogen) atoms. The van der Waals surface area contributed by atoms with E-state index >= 15 is 0 Å². The van der Waals surface area contributed by atoms with Gasteiger partial charge >= 0.3 is 5.97 Å². The van der Waals surface area contributed by atoms with Crippen LogP contribution >= 0.6 is 0 Å². The summed E-state index contributed by atoms with van der Waals surface area (Å²) < 4.78 is 0. The minimum Gasteiger partial charge on any atom is -0.478 e. The number of carboxylic acids is 1. The summed E-state index contributed by atoms with van der Waals surface area (Å²) in [7, 11) is 0. The lowest BCUT2D eigenvalue weighted by Gasteiger charge is -2.39. The molecule has 0 amide bonds. The smallest absolute Gasteiger partial charge is 0.328 e. The highest BCUT2D eigenvalue weighted by Crippen LogP contribution is 2.29. The van der Waals surface area contributed by atoms with Gasteiger partial charge in [-0.3, -0.25) is 0 Å². The number of aliphatic carboxylic acids is 1. The average Bonchev–Trinajstić information content (AvgIpc) is 2.40. The van der Waals surface area contributed by atoms with Gasteiger partial charge in [0.25, 0.3) is 0 Å². The van der Waals surface area contributed by atoms with Crippen molar-refractivity contribution in [3.63, 3.8) is 0 Å². The summed E-state index contributed by atoms with van der Waals surface area (Å²) in [5, 5.41) is 8.75. The Morgan fingerprint density at radius 3 is 3.05 bits per heavy atom. The van der Waals surface area contributed by atoms with Crippen molar-refractivity contribution in [3.8, 4) is 0 Å². The first kappa shape index (κ1) is 13.6. The maximum atomic E-state index is 10.7. The van der Waals surface area contributed by atoms with E-state index in [4.69, 9.17) is 5.11 Å². The van der Waals surface area contributed by atoms with E-state index in [0.717, 1.165) is 24.3 Å². The first-order chi connectivity index (χ1) is 9.09. The van der Waals surface area contributed by atoms with Crippen molar-refractivity contribution in [3.05, 3.63) is 30.0 Å². The number of hydrogen-bond acceptors (Lipinski definition) is 3. The second-order valence-electron chi connectivity index (χ2n) is 5.14. The molecule has 1 aromatic rings. The lowest BCUT2D eigenvalue weighted by Crippen LogP contribution is -2.43. The fourth-order valence-corrected chi connectivity index (χ4v) is 2.57. The van der Waals surface area contributed by atoms with Gasteiger partial charge in [-0.25, -0.2) is 9.78 Å². The predicted molar refractivity (Wildman–Crippen MR) is 76.1 cm³/mol. The molecule has 4 heteroatoms. The second kappa shape index (κ2) is 5.87. The molecule has 4 nitrogen and oxygen atoms in total. The number of nitrogens with zero attached hydrogens (tertiary/aromatic N) is 2. The van der Waals surface area contributed by atoms with E-state index in [2.05, 4.69) is 23.7 Å². The number of aromatic nitrogens is 1. The Hall–Kier alpha value is -1.84. The second-order valence-corrected chi connectivity index (χ2v) is 5.14. The van der Waals surface area contributed by atoms with E-state index in [1.165, 1.54) is 12.5 Å². The lowest BCUT2D eigenvalue weighted by atomic mass is 9.92. The summed E-state index contributed by atoms with van der Waals surface area (Å²) in [5.74, 6) is 0.584. The lowest BCUT2D eigenvalue weighted by molar-refractivity contribution is -0.131. The van der Waals surface area contributed by atoms with E-state index in [1.54, 1.807) is 12.3 Å². The van der Waals surface area contributed by atoms with Crippen LogP contribution in [0.1, 0.15) is 32.3 Å². The number of hydrogen-bond donors (Lipinski definition) is 1. The molecule has 1 saturated heterocycles. The van der Waals surface area contributed by atoms with Crippen molar-refractivity contribution in [2.75, 3.05) is 11.4 Å². The van der Waals surface area contributed by atoms with Crippen LogP contribution in [0.15, 0.2) is 24.4 Å². The highest BCUT2D eigenvalue weighted by molar-refractivity contribution is 5.86. The van der Waals surface area contributed by atoms with Crippen LogP contribution in [0.2, 0.25) is 0 Å². The molecule has 0 aromatic carbocycles. The normalized spacial score (nSPS) is 23.8. The van der Waals surface area contributed by atoms with Gasteiger partial charge in [-0.15, -0.1) is 0 Å². The minimum atomic E-state index is -0.935. The van der Waals surface area contributed by atoms with Crippen molar-refractivity contribution in [1.29, 1.82) is 0 Å². The highest BCUT2D eigenvalue weighted by Gasteiger charge is 2.26. The average molecular weight is 260 g/mol. The van der Waals surface area contributed by atoms with E-state index < -0.39 is 5.97 Å². The van der Waals surface area contributed by atoms with E-state index in [9.17, 15) is 4.79 Å². The van der Waals surface area contributed by atoms with Crippen molar-refractivity contribution in [2.45, 2.75) is 32.7 Å². The third-order valence-corrected chi connectivity index (χ3v) is 3.87. The molecule has 1 aliphatic heterocycles. The summed E-state index contributed by atoms with van der Waals surface area (Å²) in [6.45, 7) is 5.45. The van der Waals surface area contributed by atoms with Gasteiger partial charge in [0.1, 0.15) is 5.82 Å². The van der Waals surface area contributed by atoms with Crippen LogP contribution in [0, 0.1) is 5.92 Å². The molecule has 0 spiro atoms. The molecule has 0 bridgehead atoms. The van der Waals surface area contributed by atoms with Gasteiger partial charge < -0.3 is 10.0 Å². The van der Waals surface area contributed by atoms with Crippen molar-refractivity contribution >= 4 is 17.9 Å². The van der Waals surface area contributed by atoms with Crippen LogP contribution < -0.4 is 4.90 Å². The molecule has 1 fully saturated rings. The van der Waals surface area contributed by atoms with E-state index in [0.29, 0.717) is 12.0 Å². The Bertz CT molecular complexity index is 485. The quantitative estimate of drug-likeness (QED) is 0.849. The van der Waals surface area contributed by atoms with Crippen LogP contribution in [0.25, 0.3) is 6.08 Å². The fraction of sp³-hybridized carbons (Fsp3) is 0.467. The molecule has 1 aliphatic rings. The minimum absolute atomic E-state index is 0.431. The fourth-order valence-electron chi connectivity index (χ4n) is 2.57. The Balaban J connectivity index is 2.31. The highest BCUT2D eigenvalue weighted by atomic mass is 16.4. The Labute approximate surface area is 113 Å². The Morgan fingerprint density at radius 2 is 2.32 bits per heavy atom. The number of carbonyl (C=O) groups is 1. The van der Waals surface area contributed by atoms with Gasteiger partial charge in [0, 0.05) is 30.4 Å². The van der Waals surface area contributed by atoms with Crippen LogP contribution in [0.3, 0.4) is 0 Å². The summed E-state index contributed by atoms with van der Waals surface area (Å²) in [5.41, 5.74) is 0.867. The molecular weight excluding hydrogens is 240 g/mol. The molecule has 2 rings (SSSR count). The van der Waals surface area contributed by atoms with Crippen LogP contribution in [-0.2, 0) is 4.79 Å². The van der Waals surface area contributed by atoms with Crippen LogP contribution in [0.4, 0.5) is 5.82 Å². The molecule has 102 valence electrons. The van der Waals surface area contributed by atoms with E-state index in [-0.39, 0.29) is 0 Å².